The molecule has 0 bridgehead atoms. The van der Waals surface area contributed by atoms with Gasteiger partial charge in [0.05, 0.1) is 19.8 Å². The van der Waals surface area contributed by atoms with Crippen LogP contribution >= 0.6 is 15.6 Å². The maximum Gasteiger partial charge on any atom is 0.472 e. The van der Waals surface area contributed by atoms with Crippen molar-refractivity contribution in [1.82, 2.24) is 0 Å². The third kappa shape index (κ3) is 45.1. The summed E-state index contributed by atoms with van der Waals surface area (Å²) in [7, 11) is -9.70. The summed E-state index contributed by atoms with van der Waals surface area (Å²) in [5.41, 5.74) is 0. The number of rotatable bonds is 41. The molecule has 1 unspecified atom stereocenters. The number of phosphoric ester groups is 2. The molecular weight excluding hydrogens is 822 g/mol. The average Bonchev–Trinajstić information content (AvgIpc) is 3.22. The first kappa shape index (κ1) is 58.3. The van der Waals surface area contributed by atoms with Crippen molar-refractivity contribution in [2.75, 3.05) is 26.4 Å². The fourth-order valence-electron chi connectivity index (χ4n) is 5.35. The zero-order chi connectivity index (χ0) is 45.1. The smallest absolute Gasteiger partial charge is 0.462 e. The summed E-state index contributed by atoms with van der Waals surface area (Å²) in [6.45, 7) is 1.61. The number of carbonyl (C=O) groups excluding carboxylic acids is 2. The standard InChI is InChI=1S/C46H78O13P2/c1-3-5-7-9-11-13-15-17-19-21-23-25-27-29-31-33-35-37-45(48)55-41-44(42-58-61(53,54)57-40-43(47)39-56-60(50,51)52)59-46(49)38-36-34-32-30-28-26-24-22-20-18-16-14-12-10-8-6-4-2/h11-14,17-20,23-26,29,31,43-44,47H,3-10,15-16,21-22,27-28,30,32-42H2,1-2H3,(H,53,54)(H2,50,51,52)/b13-11-,14-12-,19-17-,20-18-,25-23-,26-24-,31-29-/t43-,44+/m0/s1. The summed E-state index contributed by atoms with van der Waals surface area (Å²) in [4.78, 5) is 52.7. The van der Waals surface area contributed by atoms with E-state index in [1.165, 1.54) is 38.5 Å². The van der Waals surface area contributed by atoms with Crippen molar-refractivity contribution in [3.8, 4) is 0 Å². The molecule has 0 aromatic rings. The Kier molecular flexibility index (Phi) is 39.5. The molecule has 0 aliphatic carbocycles. The molecule has 0 spiro atoms. The lowest BCUT2D eigenvalue weighted by Crippen LogP contribution is -2.30. The van der Waals surface area contributed by atoms with E-state index in [4.69, 9.17) is 23.8 Å². The van der Waals surface area contributed by atoms with Crippen LogP contribution in [0.15, 0.2) is 85.1 Å². The Labute approximate surface area is 367 Å². The molecular formula is C46H78O13P2. The second-order valence-electron chi connectivity index (χ2n) is 14.6. The van der Waals surface area contributed by atoms with Crippen molar-refractivity contribution in [2.24, 2.45) is 0 Å². The van der Waals surface area contributed by atoms with E-state index in [-0.39, 0.29) is 12.8 Å². The fraction of sp³-hybridized carbons (Fsp3) is 0.652. The van der Waals surface area contributed by atoms with E-state index in [9.17, 15) is 28.7 Å². The van der Waals surface area contributed by atoms with Crippen molar-refractivity contribution >= 4 is 27.6 Å². The number of aliphatic hydroxyl groups is 1. The Balaban J connectivity index is 4.66. The molecule has 15 heteroatoms. The summed E-state index contributed by atoms with van der Waals surface area (Å²) in [5.74, 6) is -1.13. The van der Waals surface area contributed by atoms with Crippen molar-refractivity contribution in [2.45, 2.75) is 167 Å². The topological polar surface area (TPSA) is 195 Å². The summed E-state index contributed by atoms with van der Waals surface area (Å²) >= 11 is 0. The molecule has 0 aliphatic rings. The van der Waals surface area contributed by atoms with Crippen LogP contribution in [-0.2, 0) is 41.8 Å². The minimum absolute atomic E-state index is 0.0895. The van der Waals surface area contributed by atoms with E-state index in [2.05, 4.69) is 95.8 Å². The Morgan fingerprint density at radius 2 is 0.869 bits per heavy atom. The van der Waals surface area contributed by atoms with Crippen LogP contribution in [0.5, 0.6) is 0 Å². The molecule has 0 aromatic carbocycles. The first-order valence-electron chi connectivity index (χ1n) is 22.3. The van der Waals surface area contributed by atoms with Crippen molar-refractivity contribution in [3.05, 3.63) is 85.1 Å². The van der Waals surface area contributed by atoms with Gasteiger partial charge < -0.3 is 29.3 Å². The van der Waals surface area contributed by atoms with Crippen LogP contribution in [0.3, 0.4) is 0 Å². The highest BCUT2D eigenvalue weighted by Crippen LogP contribution is 2.43. The molecule has 0 heterocycles. The number of ether oxygens (including phenoxy) is 2. The fourth-order valence-corrected chi connectivity index (χ4v) is 6.50. The van der Waals surface area contributed by atoms with E-state index in [1.54, 1.807) is 0 Å². The van der Waals surface area contributed by atoms with E-state index in [1.807, 2.05) is 12.2 Å². The van der Waals surface area contributed by atoms with Gasteiger partial charge in [-0.05, 0) is 89.9 Å². The van der Waals surface area contributed by atoms with Crippen molar-refractivity contribution in [3.63, 3.8) is 0 Å². The number of hydrogen-bond donors (Lipinski definition) is 4. The second kappa shape index (κ2) is 41.3. The first-order chi connectivity index (χ1) is 29.4. The van der Waals surface area contributed by atoms with Crippen molar-refractivity contribution in [1.29, 1.82) is 0 Å². The zero-order valence-corrected chi connectivity index (χ0v) is 38.8. The van der Waals surface area contributed by atoms with Crippen LogP contribution in [0, 0.1) is 0 Å². The van der Waals surface area contributed by atoms with Gasteiger partial charge in [0.1, 0.15) is 12.7 Å². The molecule has 0 fully saturated rings. The van der Waals surface area contributed by atoms with Crippen LogP contribution in [-0.4, -0.2) is 70.4 Å². The molecule has 13 nitrogen and oxygen atoms in total. The summed E-state index contributed by atoms with van der Waals surface area (Å²) in [6.07, 6.45) is 47.2. The Morgan fingerprint density at radius 1 is 0.475 bits per heavy atom. The predicted octanol–water partition coefficient (Wildman–Crippen LogP) is 11.6. The van der Waals surface area contributed by atoms with E-state index in [0.717, 1.165) is 70.6 Å². The molecule has 0 radical (unpaired) electrons. The number of esters is 2. The Morgan fingerprint density at radius 3 is 1.34 bits per heavy atom. The van der Waals surface area contributed by atoms with Gasteiger partial charge in [0.2, 0.25) is 0 Å². The van der Waals surface area contributed by atoms with Gasteiger partial charge in [-0.2, -0.15) is 0 Å². The van der Waals surface area contributed by atoms with Gasteiger partial charge in [-0.3, -0.25) is 23.2 Å². The summed E-state index contributed by atoms with van der Waals surface area (Å²) in [6, 6.07) is 0. The van der Waals surface area contributed by atoms with Gasteiger partial charge in [0, 0.05) is 12.8 Å². The molecule has 0 aromatic heterocycles. The highest BCUT2D eigenvalue weighted by Gasteiger charge is 2.28. The molecule has 4 N–H and O–H groups in total. The highest BCUT2D eigenvalue weighted by atomic mass is 31.2. The monoisotopic (exact) mass is 900 g/mol. The molecule has 0 aliphatic heterocycles. The minimum Gasteiger partial charge on any atom is -0.462 e. The number of phosphoric acid groups is 2. The third-order valence-electron chi connectivity index (χ3n) is 8.75. The molecule has 0 saturated heterocycles. The van der Waals surface area contributed by atoms with E-state index in [0.29, 0.717) is 19.3 Å². The maximum absolute atomic E-state index is 12.7. The average molecular weight is 901 g/mol. The van der Waals surface area contributed by atoms with E-state index >= 15 is 0 Å². The number of carbonyl (C=O) groups is 2. The largest absolute Gasteiger partial charge is 0.472 e. The van der Waals surface area contributed by atoms with Crippen LogP contribution in [0.2, 0.25) is 0 Å². The lowest BCUT2D eigenvalue weighted by molar-refractivity contribution is -0.161. The number of hydrogen-bond acceptors (Lipinski definition) is 10. The van der Waals surface area contributed by atoms with Gasteiger partial charge in [0.25, 0.3) is 0 Å². The van der Waals surface area contributed by atoms with Crippen molar-refractivity contribution < 1.29 is 61.6 Å². The molecule has 0 amide bonds. The third-order valence-corrected chi connectivity index (χ3v) is 10.2. The molecule has 3 atom stereocenters. The van der Waals surface area contributed by atoms with Crippen LogP contribution in [0.1, 0.15) is 155 Å². The normalized spacial score (nSPS) is 14.8. The summed E-state index contributed by atoms with van der Waals surface area (Å²) < 4.78 is 47.7. The lowest BCUT2D eigenvalue weighted by Gasteiger charge is -2.20. The number of unbranched alkanes of at least 4 members (excludes halogenated alkanes) is 11. The molecule has 0 rings (SSSR count). The summed E-state index contributed by atoms with van der Waals surface area (Å²) in [5, 5.41) is 9.75. The van der Waals surface area contributed by atoms with E-state index < -0.39 is 66.2 Å². The minimum atomic E-state index is -4.87. The predicted molar refractivity (Wildman–Crippen MR) is 243 cm³/mol. The highest BCUT2D eigenvalue weighted by molar-refractivity contribution is 7.47. The van der Waals surface area contributed by atoms with Gasteiger partial charge in [-0.15, -0.1) is 0 Å². The number of aliphatic hydroxyl groups excluding tert-OH is 1. The van der Waals surface area contributed by atoms with Crippen LogP contribution < -0.4 is 0 Å². The number of allylic oxidation sites excluding steroid dienone is 14. The lowest BCUT2D eigenvalue weighted by atomic mass is 10.1. The molecule has 350 valence electrons. The quantitative estimate of drug-likeness (QED) is 0.0196. The SMILES string of the molecule is CCCCC/C=C\C/C=C\C/C=C\C/C=C\CCCC(=O)OC[C@H](COP(=O)(O)OC[C@@H](O)COP(=O)(O)O)OC(=O)CCCCCC/C=C\C/C=C\C/C=C\CCCCC. The Hall–Kier alpha value is -2.70. The Bertz CT molecular complexity index is 1400. The van der Waals surface area contributed by atoms with Gasteiger partial charge in [-0.25, -0.2) is 9.13 Å². The van der Waals surface area contributed by atoms with Crippen LogP contribution in [0.25, 0.3) is 0 Å². The second-order valence-corrected chi connectivity index (χ2v) is 17.3. The maximum atomic E-state index is 12.7. The first-order valence-corrected chi connectivity index (χ1v) is 25.3. The zero-order valence-electron chi connectivity index (χ0n) is 37.0. The van der Waals surface area contributed by atoms with Gasteiger partial charge >= 0.3 is 27.6 Å². The van der Waals surface area contributed by atoms with Crippen LogP contribution in [0.4, 0.5) is 0 Å². The van der Waals surface area contributed by atoms with Gasteiger partial charge in [-0.1, -0.05) is 137 Å². The molecule has 0 saturated carbocycles. The molecule has 61 heavy (non-hydrogen) atoms. The van der Waals surface area contributed by atoms with Gasteiger partial charge in [0.15, 0.2) is 6.10 Å².